The first-order chi connectivity index (χ1) is 12.8. The number of benzene rings is 1. The van der Waals surface area contributed by atoms with Crippen LogP contribution in [-0.4, -0.2) is 40.6 Å². The largest absolute Gasteiger partial charge is 0.481 e. The van der Waals surface area contributed by atoms with Crippen LogP contribution in [-0.2, 0) is 11.2 Å². The van der Waals surface area contributed by atoms with Crippen molar-refractivity contribution in [2.45, 2.75) is 32.2 Å². The Balaban J connectivity index is 1.73. The van der Waals surface area contributed by atoms with Crippen LogP contribution in [0.4, 0.5) is 9.18 Å². The van der Waals surface area contributed by atoms with Crippen molar-refractivity contribution in [2.24, 2.45) is 5.92 Å². The highest BCUT2D eigenvalue weighted by Crippen LogP contribution is 2.37. The van der Waals surface area contributed by atoms with Crippen molar-refractivity contribution < 1.29 is 19.1 Å². The van der Waals surface area contributed by atoms with E-state index in [9.17, 15) is 14.0 Å². The fourth-order valence-electron chi connectivity index (χ4n) is 3.11. The summed E-state index contributed by atoms with van der Waals surface area (Å²) in [5.74, 6) is -1.85. The minimum Gasteiger partial charge on any atom is -0.481 e. The van der Waals surface area contributed by atoms with Crippen molar-refractivity contribution in [1.82, 2.24) is 15.2 Å². The smallest absolute Gasteiger partial charge is 0.317 e. The SMILES string of the molecule is CC(CN(C)C(=O)NC1CCCc2sc(-c3ccc(F)cc3)nc21)C(=O)O. The lowest BCUT2D eigenvalue weighted by Crippen LogP contribution is -2.43. The number of fused-ring (bicyclic) bond motifs is 1. The average molecular weight is 391 g/mol. The molecule has 2 N–H and O–H groups in total. The minimum atomic E-state index is -0.932. The van der Waals surface area contributed by atoms with E-state index in [1.165, 1.54) is 17.0 Å². The van der Waals surface area contributed by atoms with Gasteiger partial charge in [-0.3, -0.25) is 4.79 Å². The lowest BCUT2D eigenvalue weighted by Gasteiger charge is -2.26. The molecule has 6 nitrogen and oxygen atoms in total. The number of carboxylic acids is 1. The summed E-state index contributed by atoms with van der Waals surface area (Å²) in [6.07, 6.45) is 2.64. The number of aliphatic carboxylic acids is 1. The third kappa shape index (κ3) is 4.44. The first-order valence-electron chi connectivity index (χ1n) is 8.85. The number of aryl methyl sites for hydroxylation is 1. The van der Waals surface area contributed by atoms with Gasteiger partial charge in [-0.2, -0.15) is 0 Å². The predicted molar refractivity (Wildman–Crippen MR) is 101 cm³/mol. The third-order valence-electron chi connectivity index (χ3n) is 4.66. The molecule has 0 radical (unpaired) electrons. The molecule has 2 amide bonds. The fraction of sp³-hybridized carbons (Fsp3) is 0.421. The molecule has 1 aromatic carbocycles. The topological polar surface area (TPSA) is 82.5 Å². The number of carbonyl (C=O) groups is 2. The van der Waals surface area contributed by atoms with Gasteiger partial charge in [0.1, 0.15) is 10.8 Å². The highest BCUT2D eigenvalue weighted by Gasteiger charge is 2.28. The number of aromatic nitrogens is 1. The van der Waals surface area contributed by atoms with Crippen molar-refractivity contribution >= 4 is 23.3 Å². The van der Waals surface area contributed by atoms with E-state index in [0.717, 1.165) is 40.4 Å². The van der Waals surface area contributed by atoms with Gasteiger partial charge in [-0.15, -0.1) is 11.3 Å². The standard InChI is InChI=1S/C19H22FN3O3S/c1-11(18(24)25)10-23(2)19(26)21-14-4-3-5-15-16(14)22-17(27-15)12-6-8-13(20)9-7-12/h6-9,11,14H,3-5,10H2,1-2H3,(H,21,26)(H,24,25). The zero-order valence-electron chi connectivity index (χ0n) is 15.2. The molecular weight excluding hydrogens is 369 g/mol. The number of rotatable bonds is 5. The number of urea groups is 1. The zero-order chi connectivity index (χ0) is 19.6. The normalized spacial score (nSPS) is 17.1. The monoisotopic (exact) mass is 391 g/mol. The quantitative estimate of drug-likeness (QED) is 0.814. The maximum absolute atomic E-state index is 13.1. The van der Waals surface area contributed by atoms with Crippen LogP contribution >= 0.6 is 11.3 Å². The molecule has 0 fully saturated rings. The van der Waals surface area contributed by atoms with Gasteiger partial charge >= 0.3 is 12.0 Å². The Bertz CT molecular complexity index is 837. The predicted octanol–water partition coefficient (Wildman–Crippen LogP) is 3.69. The summed E-state index contributed by atoms with van der Waals surface area (Å²) in [5, 5.41) is 12.8. The summed E-state index contributed by atoms with van der Waals surface area (Å²) < 4.78 is 13.1. The number of halogens is 1. The van der Waals surface area contributed by atoms with Gasteiger partial charge in [-0.1, -0.05) is 6.92 Å². The van der Waals surface area contributed by atoms with Gasteiger partial charge in [0.15, 0.2) is 0 Å². The highest BCUT2D eigenvalue weighted by molar-refractivity contribution is 7.15. The molecule has 2 unspecified atom stereocenters. The molecule has 2 atom stereocenters. The molecule has 0 saturated carbocycles. The van der Waals surface area contributed by atoms with Gasteiger partial charge < -0.3 is 15.3 Å². The molecule has 8 heteroatoms. The minimum absolute atomic E-state index is 0.138. The van der Waals surface area contributed by atoms with E-state index in [0.29, 0.717) is 0 Å². The first kappa shape index (κ1) is 19.3. The second-order valence-corrected chi connectivity index (χ2v) is 7.93. The number of nitrogens with zero attached hydrogens (tertiary/aromatic N) is 2. The van der Waals surface area contributed by atoms with Gasteiger partial charge in [-0.05, 0) is 43.5 Å². The number of hydrogen-bond donors (Lipinski definition) is 2. The summed E-state index contributed by atoms with van der Waals surface area (Å²) in [7, 11) is 1.59. The highest BCUT2D eigenvalue weighted by atomic mass is 32.1. The van der Waals surface area contributed by atoms with Crippen LogP contribution in [0.5, 0.6) is 0 Å². The molecule has 144 valence electrons. The van der Waals surface area contributed by atoms with Crippen molar-refractivity contribution in [3.63, 3.8) is 0 Å². The number of amides is 2. The Hall–Kier alpha value is -2.48. The van der Waals surface area contributed by atoms with E-state index >= 15 is 0 Å². The van der Waals surface area contributed by atoms with Crippen LogP contribution in [0.15, 0.2) is 24.3 Å². The molecular formula is C19H22FN3O3S. The molecule has 0 bridgehead atoms. The Morgan fingerprint density at radius 2 is 2.11 bits per heavy atom. The molecule has 1 aliphatic rings. The maximum atomic E-state index is 13.1. The van der Waals surface area contributed by atoms with Gasteiger partial charge in [0.05, 0.1) is 17.7 Å². The van der Waals surface area contributed by atoms with E-state index in [-0.39, 0.29) is 24.4 Å². The fourth-order valence-corrected chi connectivity index (χ4v) is 4.28. The van der Waals surface area contributed by atoms with Gasteiger partial charge in [0, 0.05) is 24.0 Å². The van der Waals surface area contributed by atoms with Crippen molar-refractivity contribution in [2.75, 3.05) is 13.6 Å². The van der Waals surface area contributed by atoms with E-state index in [1.807, 2.05) is 0 Å². The van der Waals surface area contributed by atoms with Crippen LogP contribution in [0, 0.1) is 11.7 Å². The Morgan fingerprint density at radius 1 is 1.41 bits per heavy atom. The summed E-state index contributed by atoms with van der Waals surface area (Å²) in [5.41, 5.74) is 1.71. The lowest BCUT2D eigenvalue weighted by atomic mass is 9.98. The van der Waals surface area contributed by atoms with Crippen LogP contribution in [0.3, 0.4) is 0 Å². The summed E-state index contributed by atoms with van der Waals surface area (Å²) >= 11 is 1.57. The van der Waals surface area contributed by atoms with E-state index in [4.69, 9.17) is 10.1 Å². The molecule has 3 rings (SSSR count). The van der Waals surface area contributed by atoms with Crippen molar-refractivity contribution in [3.05, 3.63) is 40.7 Å². The molecule has 27 heavy (non-hydrogen) atoms. The average Bonchev–Trinajstić information content (AvgIpc) is 3.07. The Labute approximate surface area is 161 Å². The lowest BCUT2D eigenvalue weighted by molar-refractivity contribution is -0.141. The first-order valence-corrected chi connectivity index (χ1v) is 9.66. The van der Waals surface area contributed by atoms with E-state index in [2.05, 4.69) is 5.32 Å². The summed E-state index contributed by atoms with van der Waals surface area (Å²) in [4.78, 5) is 30.7. The second-order valence-electron chi connectivity index (χ2n) is 6.85. The van der Waals surface area contributed by atoms with Crippen LogP contribution in [0.2, 0.25) is 0 Å². The van der Waals surface area contributed by atoms with Gasteiger partial charge in [0.25, 0.3) is 0 Å². The molecule has 1 aromatic heterocycles. The number of hydrogen-bond acceptors (Lipinski definition) is 4. The van der Waals surface area contributed by atoms with Gasteiger partial charge in [-0.25, -0.2) is 14.2 Å². The number of carbonyl (C=O) groups excluding carboxylic acids is 1. The zero-order valence-corrected chi connectivity index (χ0v) is 16.1. The van der Waals surface area contributed by atoms with Crippen molar-refractivity contribution in [3.8, 4) is 10.6 Å². The molecule has 1 aliphatic carbocycles. The Morgan fingerprint density at radius 3 is 2.78 bits per heavy atom. The molecule has 0 aliphatic heterocycles. The summed E-state index contributed by atoms with van der Waals surface area (Å²) in [6, 6.07) is 5.72. The van der Waals surface area contributed by atoms with Crippen LogP contribution in [0.25, 0.3) is 10.6 Å². The molecule has 2 aromatic rings. The Kier molecular flexibility index (Phi) is 5.74. The van der Waals surface area contributed by atoms with E-state index < -0.39 is 11.9 Å². The summed E-state index contributed by atoms with van der Waals surface area (Å²) in [6.45, 7) is 1.71. The number of thiazole rings is 1. The van der Waals surface area contributed by atoms with Crippen molar-refractivity contribution in [1.29, 1.82) is 0 Å². The third-order valence-corrected chi connectivity index (χ3v) is 5.84. The second kappa shape index (κ2) is 8.04. The number of carboxylic acid groups (broad SMARTS) is 1. The maximum Gasteiger partial charge on any atom is 0.317 e. The molecule has 1 heterocycles. The van der Waals surface area contributed by atoms with Gasteiger partial charge in [0.2, 0.25) is 0 Å². The molecule has 0 saturated heterocycles. The number of nitrogens with one attached hydrogen (secondary N) is 1. The molecule has 0 spiro atoms. The van der Waals surface area contributed by atoms with Crippen LogP contribution in [0.1, 0.15) is 36.4 Å². The van der Waals surface area contributed by atoms with E-state index in [1.54, 1.807) is 37.4 Å². The van der Waals surface area contributed by atoms with Crippen LogP contribution < -0.4 is 5.32 Å².